The molecule has 3 aromatic carbocycles. The molecule has 0 saturated carbocycles. The monoisotopic (exact) mass is 544 g/mol. The van der Waals surface area contributed by atoms with E-state index in [9.17, 15) is 19.2 Å². The average molecular weight is 545 g/mol. The summed E-state index contributed by atoms with van der Waals surface area (Å²) in [4.78, 5) is 62.5. The van der Waals surface area contributed by atoms with Crippen molar-refractivity contribution in [3.05, 3.63) is 114 Å². The molecule has 3 heterocycles. The number of anilines is 2. The predicted molar refractivity (Wildman–Crippen MR) is 152 cm³/mol. The summed E-state index contributed by atoms with van der Waals surface area (Å²) >= 11 is 0. The Morgan fingerprint density at radius 3 is 1.88 bits per heavy atom. The lowest BCUT2D eigenvalue weighted by molar-refractivity contribution is -0.125. The van der Waals surface area contributed by atoms with Crippen molar-refractivity contribution in [2.75, 3.05) is 9.80 Å². The second kappa shape index (κ2) is 9.66. The molecule has 8 nitrogen and oxygen atoms in total. The fourth-order valence-electron chi connectivity index (χ4n) is 6.83. The van der Waals surface area contributed by atoms with Crippen LogP contribution in [-0.2, 0) is 25.7 Å². The average Bonchev–Trinajstić information content (AvgIpc) is 3.57. The van der Waals surface area contributed by atoms with Crippen molar-refractivity contribution >= 4 is 35.0 Å². The van der Waals surface area contributed by atoms with Gasteiger partial charge in [-0.25, -0.2) is 9.88 Å². The second-order valence-electron chi connectivity index (χ2n) is 11.0. The molecule has 1 aliphatic carbocycles. The van der Waals surface area contributed by atoms with Gasteiger partial charge in [0.1, 0.15) is 5.82 Å². The van der Waals surface area contributed by atoms with Gasteiger partial charge in [0.05, 0.1) is 40.5 Å². The Morgan fingerprint density at radius 1 is 0.683 bits per heavy atom. The van der Waals surface area contributed by atoms with Gasteiger partial charge in [-0.15, -0.1) is 0 Å². The molecule has 0 bridgehead atoms. The zero-order valence-electron chi connectivity index (χ0n) is 22.5. The molecule has 2 fully saturated rings. The van der Waals surface area contributed by atoms with E-state index in [1.165, 1.54) is 9.80 Å². The molecule has 0 spiro atoms. The number of hydrogen-bond acceptors (Lipinski definition) is 5. The minimum Gasteiger partial charge on any atom is -0.327 e. The number of imide groups is 2. The number of para-hydroxylation sites is 2. The molecule has 4 amide bonds. The lowest BCUT2D eigenvalue weighted by atomic mass is 9.70. The van der Waals surface area contributed by atoms with Crippen molar-refractivity contribution < 1.29 is 19.2 Å². The Kier molecular flexibility index (Phi) is 5.92. The second-order valence-corrected chi connectivity index (χ2v) is 11.0. The Morgan fingerprint density at radius 2 is 1.24 bits per heavy atom. The maximum Gasteiger partial charge on any atom is 0.243 e. The zero-order chi connectivity index (χ0) is 28.2. The zero-order valence-corrected chi connectivity index (χ0v) is 22.5. The van der Waals surface area contributed by atoms with Gasteiger partial charge in [-0.3, -0.25) is 24.1 Å². The van der Waals surface area contributed by atoms with E-state index in [2.05, 4.69) is 0 Å². The summed E-state index contributed by atoms with van der Waals surface area (Å²) in [7, 11) is 0. The number of amides is 4. The highest BCUT2D eigenvalue weighted by molar-refractivity contribution is 6.24. The first-order chi connectivity index (χ1) is 19.9. The fraction of sp³-hybridized carbons (Fsp3) is 0.242. The van der Waals surface area contributed by atoms with Crippen LogP contribution < -0.4 is 9.80 Å². The van der Waals surface area contributed by atoms with Crippen LogP contribution in [0.4, 0.5) is 11.4 Å². The van der Waals surface area contributed by atoms with Gasteiger partial charge < -0.3 is 4.57 Å². The van der Waals surface area contributed by atoms with Crippen molar-refractivity contribution in [2.24, 2.45) is 11.8 Å². The van der Waals surface area contributed by atoms with Crippen molar-refractivity contribution in [1.82, 2.24) is 9.55 Å². The number of carbonyl (C=O) groups is 4. The highest BCUT2D eigenvalue weighted by atomic mass is 16.2. The molecule has 2 aliphatic heterocycles. The van der Waals surface area contributed by atoms with Crippen molar-refractivity contribution in [3.63, 3.8) is 0 Å². The van der Waals surface area contributed by atoms with Crippen LogP contribution in [0, 0.1) is 18.8 Å². The summed E-state index contributed by atoms with van der Waals surface area (Å²) in [6, 6.07) is 27.8. The van der Waals surface area contributed by atoms with Crippen LogP contribution >= 0.6 is 0 Å². The molecule has 8 heteroatoms. The summed E-state index contributed by atoms with van der Waals surface area (Å²) in [6.07, 6.45) is 0.310. The van der Waals surface area contributed by atoms with Crippen molar-refractivity contribution in [1.29, 1.82) is 0 Å². The van der Waals surface area contributed by atoms with Crippen molar-refractivity contribution in [3.8, 4) is 0 Å². The van der Waals surface area contributed by atoms with Gasteiger partial charge in [0.2, 0.25) is 23.6 Å². The number of fused-ring (bicyclic) bond motifs is 3. The third-order valence-electron chi connectivity index (χ3n) is 8.69. The van der Waals surface area contributed by atoms with Crippen LogP contribution in [0.1, 0.15) is 47.5 Å². The number of rotatable bonds is 5. The summed E-state index contributed by atoms with van der Waals surface area (Å²) in [6.45, 7) is 2.37. The predicted octanol–water partition coefficient (Wildman–Crippen LogP) is 4.58. The summed E-state index contributed by atoms with van der Waals surface area (Å²) in [5.41, 5.74) is 3.43. The number of hydrogen-bond donors (Lipinski definition) is 0. The minimum atomic E-state index is -0.712. The van der Waals surface area contributed by atoms with E-state index in [0.717, 1.165) is 5.56 Å². The number of aromatic nitrogens is 2. The lowest BCUT2D eigenvalue weighted by Crippen LogP contribution is -2.35. The van der Waals surface area contributed by atoms with Crippen LogP contribution in [0.2, 0.25) is 0 Å². The van der Waals surface area contributed by atoms with E-state index < -0.39 is 23.7 Å². The Hall–Kier alpha value is -4.85. The van der Waals surface area contributed by atoms with Gasteiger partial charge >= 0.3 is 0 Å². The molecule has 41 heavy (non-hydrogen) atoms. The van der Waals surface area contributed by atoms with E-state index in [1.54, 1.807) is 48.5 Å². The number of imidazole rings is 1. The van der Waals surface area contributed by atoms with E-state index >= 15 is 0 Å². The summed E-state index contributed by atoms with van der Waals surface area (Å²) in [5, 5.41) is 0. The van der Waals surface area contributed by atoms with Gasteiger partial charge in [0.25, 0.3) is 0 Å². The van der Waals surface area contributed by atoms with Gasteiger partial charge in [-0.2, -0.15) is 0 Å². The number of carbonyl (C=O) groups excluding carboxylic acids is 4. The highest BCUT2D eigenvalue weighted by Gasteiger charge is 2.58. The molecule has 0 N–H and O–H groups in total. The fourth-order valence-corrected chi connectivity index (χ4v) is 6.83. The van der Waals surface area contributed by atoms with Gasteiger partial charge in [-0.05, 0) is 43.2 Å². The van der Waals surface area contributed by atoms with Crippen LogP contribution in [-0.4, -0.2) is 33.2 Å². The largest absolute Gasteiger partial charge is 0.327 e. The van der Waals surface area contributed by atoms with E-state index in [-0.39, 0.29) is 36.5 Å². The smallest absolute Gasteiger partial charge is 0.243 e. The van der Waals surface area contributed by atoms with E-state index in [4.69, 9.17) is 4.98 Å². The number of nitrogens with zero attached hydrogens (tertiary/aromatic N) is 4. The Balaban J connectivity index is 1.34. The highest BCUT2D eigenvalue weighted by Crippen LogP contribution is 2.52. The van der Waals surface area contributed by atoms with E-state index in [1.807, 2.05) is 54.0 Å². The minimum absolute atomic E-state index is 0.0321. The summed E-state index contributed by atoms with van der Waals surface area (Å²) < 4.78 is 2.02. The molecule has 4 atom stereocenters. The van der Waals surface area contributed by atoms with Gasteiger partial charge in [0, 0.05) is 18.9 Å². The van der Waals surface area contributed by atoms with Crippen LogP contribution in [0.15, 0.2) is 91.0 Å². The lowest BCUT2D eigenvalue weighted by Gasteiger charge is -2.32. The molecule has 2 saturated heterocycles. The molecule has 204 valence electrons. The first kappa shape index (κ1) is 25.1. The SMILES string of the molecule is Cc1nc2c(n1Cc1ccccc1)[C@@H]1C(=O)N(c3ccccc3)C(=O)[C@@H]1C[C@H]2[C@@H]1CC(=O)N(c2ccccc2)C1=O. The Bertz CT molecular complexity index is 1680. The molecule has 7 rings (SSSR count). The standard InChI is InChI=1S/C33H28N4O4/c1-20-34-29-24(25-18-27(38)36(31(25)39)22-13-7-3-8-14-22)17-26-28(30(29)35(20)19-21-11-5-2-6-12-21)33(41)37(32(26)40)23-15-9-4-10-16-23/h2-16,24-26,28H,17-19H2,1H3/t24-,25-,26+,28+/m0/s1. The van der Waals surface area contributed by atoms with Crippen LogP contribution in [0.3, 0.4) is 0 Å². The maximum absolute atomic E-state index is 14.0. The normalized spacial score (nSPS) is 23.7. The quantitative estimate of drug-likeness (QED) is 0.343. The molecule has 4 aromatic rings. The van der Waals surface area contributed by atoms with Gasteiger partial charge in [-0.1, -0.05) is 66.7 Å². The number of aryl methyl sites for hydroxylation is 1. The summed E-state index contributed by atoms with van der Waals surface area (Å²) in [5.74, 6) is -2.91. The molecule has 0 radical (unpaired) electrons. The molecule has 1 aromatic heterocycles. The van der Waals surface area contributed by atoms with Gasteiger partial charge in [0.15, 0.2) is 0 Å². The maximum atomic E-state index is 14.0. The molecule has 3 aliphatic rings. The van der Waals surface area contributed by atoms with Crippen LogP contribution in [0.5, 0.6) is 0 Å². The topological polar surface area (TPSA) is 92.6 Å². The number of benzene rings is 3. The molecular formula is C33H28N4O4. The first-order valence-corrected chi connectivity index (χ1v) is 13.9. The molecular weight excluding hydrogens is 516 g/mol. The third-order valence-corrected chi connectivity index (χ3v) is 8.69. The molecule has 0 unspecified atom stereocenters. The van der Waals surface area contributed by atoms with Crippen molar-refractivity contribution in [2.45, 2.75) is 38.1 Å². The van der Waals surface area contributed by atoms with Crippen LogP contribution in [0.25, 0.3) is 0 Å². The van der Waals surface area contributed by atoms with E-state index in [0.29, 0.717) is 35.1 Å². The Labute approximate surface area is 237 Å². The third kappa shape index (κ3) is 3.93. The first-order valence-electron chi connectivity index (χ1n) is 13.9.